The third-order valence-electron chi connectivity index (χ3n) is 12.6. The van der Waals surface area contributed by atoms with E-state index in [0.717, 1.165) is 44.1 Å². The molecular formula is C33H50O7. The van der Waals surface area contributed by atoms with Crippen molar-refractivity contribution >= 4 is 11.9 Å². The minimum absolute atomic E-state index is 0.0406. The molecule has 10 atom stereocenters. The lowest BCUT2D eigenvalue weighted by Gasteiger charge is -2.69. The number of allylic oxidation sites excluding steroid dienone is 1. The Morgan fingerprint density at radius 3 is 2.40 bits per heavy atom. The summed E-state index contributed by atoms with van der Waals surface area (Å²) in [6, 6.07) is 0. The number of aliphatic hydroxyl groups excluding tert-OH is 2. The van der Waals surface area contributed by atoms with Crippen molar-refractivity contribution in [2.24, 2.45) is 39.9 Å². The monoisotopic (exact) mass is 558 g/mol. The smallest absolute Gasteiger partial charge is 0.331 e. The molecule has 5 rings (SSSR count). The highest BCUT2D eigenvalue weighted by molar-refractivity contribution is 5.88. The zero-order valence-electron chi connectivity index (χ0n) is 25.1. The summed E-state index contributed by atoms with van der Waals surface area (Å²) in [6.07, 6.45) is 8.07. The van der Waals surface area contributed by atoms with Gasteiger partial charge in [-0.25, -0.2) is 4.79 Å². The number of carbonyl (C=O) groups excluding carboxylic acids is 1. The van der Waals surface area contributed by atoms with E-state index in [2.05, 4.69) is 33.8 Å². The Morgan fingerprint density at radius 2 is 1.75 bits per heavy atom. The summed E-state index contributed by atoms with van der Waals surface area (Å²) in [4.78, 5) is 25.1. The normalized spacial score (nSPS) is 46.1. The Morgan fingerprint density at radius 1 is 1.05 bits per heavy atom. The Bertz CT molecular complexity index is 1070. The summed E-state index contributed by atoms with van der Waals surface area (Å²) in [7, 11) is 0. The molecule has 7 nitrogen and oxygen atoms in total. The highest BCUT2D eigenvalue weighted by Crippen LogP contribution is 2.74. The standard InChI is InChI=1S/C33H50O7/c1-19-23-9-14-32(4)29(31(23,3)13-10-25(19)35)26(36)17-24-28(27(40-20(2)34)18-33(24,32)5)22(30(37)38)8-6-7-21-11-15-39-16-12-21/h7,19,23-27,29,35-36H,6,8-18H2,1-5H3,(H,37,38)/b28-22-/t19-,23-,24-,25+,26+,27-,29-,31-,32-,33-/m0/s1. The van der Waals surface area contributed by atoms with Crippen molar-refractivity contribution in [1.82, 2.24) is 0 Å². The van der Waals surface area contributed by atoms with Crippen LogP contribution in [-0.4, -0.2) is 58.8 Å². The van der Waals surface area contributed by atoms with Gasteiger partial charge in [0.05, 0.1) is 25.4 Å². The number of ether oxygens (including phenoxy) is 2. The van der Waals surface area contributed by atoms with Gasteiger partial charge in [0.2, 0.25) is 0 Å². The van der Waals surface area contributed by atoms with Crippen molar-refractivity contribution in [3.8, 4) is 0 Å². The molecule has 4 aliphatic carbocycles. The van der Waals surface area contributed by atoms with Crippen LogP contribution in [0.4, 0.5) is 0 Å². The zero-order valence-corrected chi connectivity index (χ0v) is 25.1. The Balaban J connectivity index is 1.54. The van der Waals surface area contributed by atoms with Crippen LogP contribution in [0.1, 0.15) is 98.8 Å². The molecule has 7 heteroatoms. The molecule has 0 radical (unpaired) electrons. The Hall–Kier alpha value is -1.70. The van der Waals surface area contributed by atoms with Crippen LogP contribution in [0.25, 0.3) is 0 Å². The van der Waals surface area contributed by atoms with Gasteiger partial charge in [0.25, 0.3) is 0 Å². The maximum atomic E-state index is 12.8. The largest absolute Gasteiger partial charge is 0.478 e. The fourth-order valence-electron chi connectivity index (χ4n) is 10.5. The number of carboxylic acid groups (broad SMARTS) is 1. The Labute approximate surface area is 239 Å². The predicted molar refractivity (Wildman–Crippen MR) is 151 cm³/mol. The topological polar surface area (TPSA) is 113 Å². The molecule has 1 heterocycles. The molecule has 5 fully saturated rings. The molecule has 0 unspecified atom stereocenters. The first-order valence-electron chi connectivity index (χ1n) is 15.6. The van der Waals surface area contributed by atoms with Crippen LogP contribution >= 0.6 is 0 Å². The van der Waals surface area contributed by atoms with Crippen molar-refractivity contribution in [3.63, 3.8) is 0 Å². The first-order valence-corrected chi connectivity index (χ1v) is 15.6. The third-order valence-corrected chi connectivity index (χ3v) is 12.6. The van der Waals surface area contributed by atoms with Crippen LogP contribution in [0.5, 0.6) is 0 Å². The molecule has 4 saturated carbocycles. The number of aliphatic hydroxyl groups is 2. The maximum absolute atomic E-state index is 12.8. The molecule has 0 aromatic carbocycles. The summed E-state index contributed by atoms with van der Waals surface area (Å²) < 4.78 is 11.4. The van der Waals surface area contributed by atoms with E-state index in [1.807, 2.05) is 0 Å². The van der Waals surface area contributed by atoms with Gasteiger partial charge in [-0.2, -0.15) is 0 Å². The summed E-state index contributed by atoms with van der Waals surface area (Å²) in [5.41, 5.74) is 1.72. The average Bonchev–Trinajstić information content (AvgIpc) is 3.16. The first-order chi connectivity index (χ1) is 18.8. The molecule has 0 spiro atoms. The first kappa shape index (κ1) is 29.8. The summed E-state index contributed by atoms with van der Waals surface area (Å²) in [6.45, 7) is 11.9. The van der Waals surface area contributed by atoms with Gasteiger partial charge in [-0.15, -0.1) is 0 Å². The van der Waals surface area contributed by atoms with E-state index in [9.17, 15) is 24.9 Å². The molecular weight excluding hydrogens is 508 g/mol. The number of rotatable bonds is 5. The van der Waals surface area contributed by atoms with Gasteiger partial charge in [0, 0.05) is 12.5 Å². The van der Waals surface area contributed by atoms with Gasteiger partial charge in [0.1, 0.15) is 6.10 Å². The molecule has 40 heavy (non-hydrogen) atoms. The second-order valence-corrected chi connectivity index (χ2v) is 14.3. The summed E-state index contributed by atoms with van der Waals surface area (Å²) in [5.74, 6) is -0.934. The summed E-state index contributed by atoms with van der Waals surface area (Å²) >= 11 is 0. The SMILES string of the molecule is CC(=O)O[C@H]1C[C@@]2(C)[C@@H](C[C@@H](O)[C@H]3[C@@]4(C)CC[C@@H](O)[C@@H](C)[C@@H]4CC[C@@]32C)/C1=C(\CCC=C1CCOCC1)C(=O)O. The van der Waals surface area contributed by atoms with E-state index in [1.54, 1.807) is 0 Å². The fraction of sp³-hybridized carbons (Fsp3) is 0.818. The number of carboxylic acids is 1. The number of hydrogen-bond donors (Lipinski definition) is 3. The average molecular weight is 559 g/mol. The van der Waals surface area contributed by atoms with Gasteiger partial charge in [0.15, 0.2) is 0 Å². The van der Waals surface area contributed by atoms with Gasteiger partial charge in [-0.05, 0) is 110 Å². The summed E-state index contributed by atoms with van der Waals surface area (Å²) in [5, 5.41) is 33.2. The molecule has 0 bridgehead atoms. The number of fused-ring (bicyclic) bond motifs is 5. The van der Waals surface area contributed by atoms with Crippen LogP contribution < -0.4 is 0 Å². The van der Waals surface area contributed by atoms with Crippen molar-refractivity contribution in [2.45, 2.75) is 117 Å². The molecule has 0 aromatic rings. The highest BCUT2D eigenvalue weighted by atomic mass is 16.5. The van der Waals surface area contributed by atoms with Crippen LogP contribution in [0, 0.1) is 39.9 Å². The number of hydrogen-bond acceptors (Lipinski definition) is 6. The fourth-order valence-corrected chi connectivity index (χ4v) is 10.5. The predicted octanol–water partition coefficient (Wildman–Crippen LogP) is 5.44. The second-order valence-electron chi connectivity index (χ2n) is 14.3. The van der Waals surface area contributed by atoms with Crippen molar-refractivity contribution in [1.29, 1.82) is 0 Å². The molecule has 3 N–H and O–H groups in total. The van der Waals surface area contributed by atoms with Gasteiger partial charge < -0.3 is 24.8 Å². The molecule has 1 aliphatic heterocycles. The zero-order chi connectivity index (χ0) is 29.0. The van der Waals surface area contributed by atoms with Crippen LogP contribution in [0.15, 0.2) is 22.8 Å². The third kappa shape index (κ3) is 4.68. The van der Waals surface area contributed by atoms with Crippen molar-refractivity contribution < 1.29 is 34.4 Å². The van der Waals surface area contributed by atoms with Gasteiger partial charge in [-0.3, -0.25) is 4.79 Å². The van der Waals surface area contributed by atoms with Gasteiger partial charge in [-0.1, -0.05) is 39.3 Å². The molecule has 224 valence electrons. The Kier molecular flexibility index (Phi) is 8.08. The van der Waals surface area contributed by atoms with Crippen LogP contribution in [-0.2, 0) is 19.1 Å². The van der Waals surface area contributed by atoms with Crippen LogP contribution in [0.3, 0.4) is 0 Å². The van der Waals surface area contributed by atoms with Crippen molar-refractivity contribution in [2.75, 3.05) is 13.2 Å². The molecule has 5 aliphatic rings. The van der Waals surface area contributed by atoms with E-state index >= 15 is 0 Å². The second kappa shape index (κ2) is 10.9. The van der Waals surface area contributed by atoms with E-state index in [1.165, 1.54) is 12.5 Å². The van der Waals surface area contributed by atoms with Crippen LogP contribution in [0.2, 0.25) is 0 Å². The minimum Gasteiger partial charge on any atom is -0.478 e. The molecule has 0 amide bonds. The minimum atomic E-state index is -0.950. The lowest BCUT2D eigenvalue weighted by Crippen LogP contribution is -2.65. The maximum Gasteiger partial charge on any atom is 0.331 e. The lowest BCUT2D eigenvalue weighted by molar-refractivity contribution is -0.234. The molecule has 1 saturated heterocycles. The van der Waals surface area contributed by atoms with Gasteiger partial charge >= 0.3 is 11.9 Å². The lowest BCUT2D eigenvalue weighted by atomic mass is 9.36. The van der Waals surface area contributed by atoms with Crippen molar-refractivity contribution in [3.05, 3.63) is 22.8 Å². The van der Waals surface area contributed by atoms with E-state index in [-0.39, 0.29) is 40.1 Å². The van der Waals surface area contributed by atoms with E-state index in [0.29, 0.717) is 50.4 Å². The van der Waals surface area contributed by atoms with E-state index < -0.39 is 24.1 Å². The number of carbonyl (C=O) groups is 2. The quantitative estimate of drug-likeness (QED) is 0.234. The number of aliphatic carboxylic acids is 1. The van der Waals surface area contributed by atoms with E-state index in [4.69, 9.17) is 9.47 Å². The molecule has 0 aromatic heterocycles. The highest BCUT2D eigenvalue weighted by Gasteiger charge is 2.70. The number of esters is 1.